The van der Waals surface area contributed by atoms with Gasteiger partial charge in [0.05, 0.1) is 11.6 Å². The number of ether oxygens (including phenoxy) is 2. The average Bonchev–Trinajstić information content (AvgIpc) is 2.77. The van der Waals surface area contributed by atoms with E-state index in [0.717, 1.165) is 29.4 Å². The second-order valence-corrected chi connectivity index (χ2v) is 8.15. The molecule has 0 saturated heterocycles. The third-order valence-electron chi connectivity index (χ3n) is 4.98. The Morgan fingerprint density at radius 1 is 1.00 bits per heavy atom. The second-order valence-electron chi connectivity index (χ2n) is 7.30. The van der Waals surface area contributed by atoms with E-state index < -0.39 is 0 Å². The molecule has 0 heterocycles. The van der Waals surface area contributed by atoms with E-state index in [9.17, 15) is 4.39 Å². The van der Waals surface area contributed by atoms with E-state index in [1.165, 1.54) is 11.6 Å². The summed E-state index contributed by atoms with van der Waals surface area (Å²) in [5.74, 6) is 0.911. The fourth-order valence-electron chi connectivity index (χ4n) is 3.20. The third-order valence-corrected chi connectivity index (χ3v) is 5.57. The molecule has 5 heteroatoms. The summed E-state index contributed by atoms with van der Waals surface area (Å²) < 4.78 is 26.0. The molecule has 30 heavy (non-hydrogen) atoms. The van der Waals surface area contributed by atoms with Crippen molar-refractivity contribution >= 4 is 15.9 Å². The average molecular weight is 472 g/mol. The molecule has 0 bridgehead atoms. The molecule has 0 aromatic heterocycles. The number of aryl methyl sites for hydroxylation is 1. The van der Waals surface area contributed by atoms with Crippen molar-refractivity contribution in [2.75, 3.05) is 7.11 Å². The highest BCUT2D eigenvalue weighted by Gasteiger charge is 2.13. The van der Waals surface area contributed by atoms with Crippen molar-refractivity contribution in [1.82, 2.24) is 5.32 Å². The lowest BCUT2D eigenvalue weighted by Gasteiger charge is -2.17. The van der Waals surface area contributed by atoms with Crippen LogP contribution in [0.1, 0.15) is 30.0 Å². The highest BCUT2D eigenvalue weighted by atomic mass is 79.9. The van der Waals surface area contributed by atoms with E-state index in [1.54, 1.807) is 25.3 Å². The minimum atomic E-state index is -0.280. The molecule has 0 spiro atoms. The Morgan fingerprint density at radius 2 is 1.73 bits per heavy atom. The number of nitrogens with one attached hydrogen (secondary N) is 1. The fraction of sp³-hybridized carbons (Fsp3) is 0.280. The lowest BCUT2D eigenvalue weighted by atomic mass is 10.1. The van der Waals surface area contributed by atoms with Crippen LogP contribution in [-0.4, -0.2) is 13.2 Å². The molecule has 0 aliphatic heterocycles. The molecule has 0 saturated carbocycles. The summed E-state index contributed by atoms with van der Waals surface area (Å²) in [4.78, 5) is 0. The topological polar surface area (TPSA) is 30.5 Å². The van der Waals surface area contributed by atoms with Gasteiger partial charge in [-0.2, -0.15) is 0 Å². The van der Waals surface area contributed by atoms with Gasteiger partial charge in [-0.3, -0.25) is 0 Å². The highest BCUT2D eigenvalue weighted by molar-refractivity contribution is 9.10. The lowest BCUT2D eigenvalue weighted by molar-refractivity contribution is 0.277. The van der Waals surface area contributed by atoms with Gasteiger partial charge in [-0.15, -0.1) is 0 Å². The van der Waals surface area contributed by atoms with E-state index >= 15 is 0 Å². The molecule has 0 amide bonds. The van der Waals surface area contributed by atoms with Gasteiger partial charge < -0.3 is 14.8 Å². The summed E-state index contributed by atoms with van der Waals surface area (Å²) in [6.07, 6.45) is 2.11. The first-order valence-corrected chi connectivity index (χ1v) is 10.9. The quantitative estimate of drug-likeness (QED) is 0.377. The Labute approximate surface area is 186 Å². The maximum atomic E-state index is 13.9. The molecule has 0 fully saturated rings. The Balaban J connectivity index is 1.58. The summed E-state index contributed by atoms with van der Waals surface area (Å²) in [5, 5.41) is 3.57. The molecule has 0 radical (unpaired) electrons. The predicted molar refractivity (Wildman–Crippen MR) is 122 cm³/mol. The summed E-state index contributed by atoms with van der Waals surface area (Å²) in [6, 6.07) is 21.5. The number of benzene rings is 3. The zero-order valence-corrected chi connectivity index (χ0v) is 18.9. The van der Waals surface area contributed by atoms with Crippen LogP contribution < -0.4 is 14.8 Å². The van der Waals surface area contributed by atoms with E-state index in [0.29, 0.717) is 23.1 Å². The first-order valence-electron chi connectivity index (χ1n) is 10.1. The normalized spacial score (nSPS) is 11.9. The Morgan fingerprint density at radius 3 is 2.47 bits per heavy atom. The van der Waals surface area contributed by atoms with Crippen LogP contribution in [-0.2, 0) is 19.6 Å². The number of halogens is 2. The maximum Gasteiger partial charge on any atom is 0.175 e. The van der Waals surface area contributed by atoms with Crippen LogP contribution in [0.3, 0.4) is 0 Å². The number of methoxy groups -OCH3 is 1. The first-order chi connectivity index (χ1) is 14.6. The molecule has 3 nitrogen and oxygen atoms in total. The van der Waals surface area contributed by atoms with Crippen LogP contribution in [0.4, 0.5) is 4.39 Å². The zero-order chi connectivity index (χ0) is 21.3. The maximum absolute atomic E-state index is 13.9. The van der Waals surface area contributed by atoms with Crippen molar-refractivity contribution < 1.29 is 13.9 Å². The minimum absolute atomic E-state index is 0.135. The van der Waals surface area contributed by atoms with Gasteiger partial charge in [-0.1, -0.05) is 48.5 Å². The molecule has 158 valence electrons. The Kier molecular flexibility index (Phi) is 8.29. The van der Waals surface area contributed by atoms with Gasteiger partial charge in [0.25, 0.3) is 0 Å². The molecular weight excluding hydrogens is 445 g/mol. The van der Waals surface area contributed by atoms with Crippen molar-refractivity contribution in [3.8, 4) is 11.5 Å². The summed E-state index contributed by atoms with van der Waals surface area (Å²) in [7, 11) is 1.61. The largest absolute Gasteiger partial charge is 0.493 e. The minimum Gasteiger partial charge on any atom is -0.493 e. The molecular formula is C25H27BrFNO2. The molecule has 1 N–H and O–H groups in total. The van der Waals surface area contributed by atoms with Gasteiger partial charge in [0.2, 0.25) is 0 Å². The zero-order valence-electron chi connectivity index (χ0n) is 17.3. The third kappa shape index (κ3) is 6.31. The van der Waals surface area contributed by atoms with Gasteiger partial charge >= 0.3 is 0 Å². The fourth-order valence-corrected chi connectivity index (χ4v) is 3.81. The summed E-state index contributed by atoms with van der Waals surface area (Å²) >= 11 is 3.57. The van der Waals surface area contributed by atoms with Crippen LogP contribution in [0.2, 0.25) is 0 Å². The molecule has 1 atom stereocenters. The molecule has 0 aliphatic rings. The van der Waals surface area contributed by atoms with E-state index in [2.05, 4.69) is 52.4 Å². The molecule has 0 unspecified atom stereocenters. The first kappa shape index (κ1) is 22.3. The van der Waals surface area contributed by atoms with Crippen molar-refractivity contribution in [2.24, 2.45) is 0 Å². The predicted octanol–water partition coefficient (Wildman–Crippen LogP) is 6.29. The highest BCUT2D eigenvalue weighted by Crippen LogP contribution is 2.37. The van der Waals surface area contributed by atoms with E-state index in [1.807, 2.05) is 18.2 Å². The van der Waals surface area contributed by atoms with Crippen LogP contribution in [0.5, 0.6) is 11.5 Å². The summed E-state index contributed by atoms with van der Waals surface area (Å²) in [6.45, 7) is 3.05. The van der Waals surface area contributed by atoms with Crippen LogP contribution in [0.25, 0.3) is 0 Å². The number of hydrogen-bond donors (Lipinski definition) is 1. The molecule has 0 aliphatic carbocycles. The van der Waals surface area contributed by atoms with Crippen molar-refractivity contribution in [1.29, 1.82) is 0 Å². The monoisotopic (exact) mass is 471 g/mol. The number of hydrogen-bond acceptors (Lipinski definition) is 3. The lowest BCUT2D eigenvalue weighted by Crippen LogP contribution is -2.26. The molecule has 3 aromatic carbocycles. The van der Waals surface area contributed by atoms with Gasteiger partial charge in [0, 0.05) is 18.2 Å². The van der Waals surface area contributed by atoms with Crippen LogP contribution in [0, 0.1) is 5.82 Å². The Hall–Kier alpha value is -2.37. The van der Waals surface area contributed by atoms with Gasteiger partial charge in [0.1, 0.15) is 12.4 Å². The van der Waals surface area contributed by atoms with Crippen molar-refractivity contribution in [2.45, 2.75) is 39.0 Å². The van der Waals surface area contributed by atoms with Crippen molar-refractivity contribution in [3.05, 3.63) is 93.7 Å². The smallest absolute Gasteiger partial charge is 0.175 e. The number of rotatable bonds is 10. The second kappa shape index (κ2) is 11.1. The summed E-state index contributed by atoms with van der Waals surface area (Å²) in [5.41, 5.74) is 2.94. The van der Waals surface area contributed by atoms with Crippen molar-refractivity contribution in [3.63, 3.8) is 0 Å². The van der Waals surface area contributed by atoms with E-state index in [4.69, 9.17) is 9.47 Å². The van der Waals surface area contributed by atoms with Crippen LogP contribution in [0.15, 0.2) is 71.2 Å². The van der Waals surface area contributed by atoms with Crippen LogP contribution >= 0.6 is 15.9 Å². The van der Waals surface area contributed by atoms with Gasteiger partial charge in [-0.25, -0.2) is 4.39 Å². The SMILES string of the molecule is COc1cc(CN[C@@H](C)CCc2ccccc2)cc(Br)c1OCc1ccccc1F. The van der Waals surface area contributed by atoms with E-state index in [-0.39, 0.29) is 12.4 Å². The molecule has 3 rings (SSSR count). The molecule has 3 aromatic rings. The Bertz CT molecular complexity index is 949. The standard InChI is InChI=1S/C25H27BrFNO2/c1-18(12-13-19-8-4-3-5-9-19)28-16-20-14-22(26)25(24(15-20)29-2)30-17-21-10-6-7-11-23(21)27/h3-11,14-15,18,28H,12-13,16-17H2,1-2H3/t18-/m0/s1. The van der Waals surface area contributed by atoms with Gasteiger partial charge in [-0.05, 0) is 65.0 Å². The van der Waals surface area contributed by atoms with Gasteiger partial charge in [0.15, 0.2) is 11.5 Å².